The standard InChI is InChI=1S/C10H9N7OS/c11-7(18)1-5-2-13-10(19-5)17-9-6(3-16-17)8(12)14-4-15-9/h2-4H,1H2,(H2,11,18)(H2,12,14,15). The molecule has 3 aromatic rings. The number of hydrogen-bond acceptors (Lipinski definition) is 7. The van der Waals surface area contributed by atoms with Gasteiger partial charge in [-0.3, -0.25) is 4.79 Å². The van der Waals surface area contributed by atoms with Crippen molar-refractivity contribution in [2.24, 2.45) is 5.73 Å². The summed E-state index contributed by atoms with van der Waals surface area (Å²) in [5, 5.41) is 5.45. The molecule has 0 unspecified atom stereocenters. The number of nitrogens with zero attached hydrogens (tertiary/aromatic N) is 5. The van der Waals surface area contributed by atoms with Crippen LogP contribution in [-0.4, -0.2) is 30.6 Å². The first-order chi connectivity index (χ1) is 9.15. The van der Waals surface area contributed by atoms with Gasteiger partial charge in [0.1, 0.15) is 12.1 Å². The normalized spacial score (nSPS) is 10.9. The van der Waals surface area contributed by atoms with E-state index in [-0.39, 0.29) is 6.42 Å². The van der Waals surface area contributed by atoms with Crippen LogP contribution in [0.25, 0.3) is 16.2 Å². The van der Waals surface area contributed by atoms with Crippen LogP contribution in [0, 0.1) is 0 Å². The predicted molar refractivity (Wildman–Crippen MR) is 69.6 cm³/mol. The van der Waals surface area contributed by atoms with Crippen molar-refractivity contribution in [3.63, 3.8) is 0 Å². The minimum atomic E-state index is -0.396. The van der Waals surface area contributed by atoms with Crippen molar-refractivity contribution >= 4 is 34.1 Å². The number of hydrogen-bond donors (Lipinski definition) is 2. The summed E-state index contributed by atoms with van der Waals surface area (Å²) in [4.78, 5) is 23.9. The molecule has 3 aromatic heterocycles. The van der Waals surface area contributed by atoms with Crippen LogP contribution >= 0.6 is 11.3 Å². The highest BCUT2D eigenvalue weighted by Crippen LogP contribution is 2.22. The Balaban J connectivity index is 2.07. The van der Waals surface area contributed by atoms with Crippen molar-refractivity contribution in [1.82, 2.24) is 24.7 Å². The van der Waals surface area contributed by atoms with Gasteiger partial charge in [0.2, 0.25) is 11.0 Å². The molecule has 0 aliphatic carbocycles. The van der Waals surface area contributed by atoms with E-state index in [2.05, 4.69) is 20.1 Å². The van der Waals surface area contributed by atoms with Gasteiger partial charge in [-0.15, -0.1) is 0 Å². The molecular formula is C10H9N7OS. The number of anilines is 1. The Labute approximate surface area is 111 Å². The molecule has 0 bridgehead atoms. The molecule has 0 aromatic carbocycles. The quantitative estimate of drug-likeness (QED) is 0.686. The van der Waals surface area contributed by atoms with E-state index in [0.29, 0.717) is 22.0 Å². The number of fused-ring (bicyclic) bond motifs is 1. The second-order valence-electron chi connectivity index (χ2n) is 3.80. The molecule has 3 rings (SSSR count). The fourth-order valence-electron chi connectivity index (χ4n) is 1.65. The van der Waals surface area contributed by atoms with E-state index in [4.69, 9.17) is 11.5 Å². The maximum absolute atomic E-state index is 10.9. The van der Waals surface area contributed by atoms with Gasteiger partial charge in [-0.05, 0) is 0 Å². The Morgan fingerprint density at radius 2 is 2.16 bits per heavy atom. The fraction of sp³-hybridized carbons (Fsp3) is 0.100. The topological polar surface area (TPSA) is 126 Å². The number of nitrogens with two attached hydrogens (primary N) is 2. The van der Waals surface area contributed by atoms with Crippen LogP contribution < -0.4 is 11.5 Å². The molecule has 0 spiro atoms. The SMILES string of the molecule is NC(=O)Cc1cnc(-n2ncc3c(N)ncnc32)s1. The molecule has 0 radical (unpaired) electrons. The van der Waals surface area contributed by atoms with Crippen LogP contribution in [0.5, 0.6) is 0 Å². The molecule has 19 heavy (non-hydrogen) atoms. The lowest BCUT2D eigenvalue weighted by molar-refractivity contribution is -0.117. The zero-order valence-electron chi connectivity index (χ0n) is 9.65. The third-order valence-corrected chi connectivity index (χ3v) is 3.44. The molecule has 8 nitrogen and oxygen atoms in total. The molecule has 1 amide bonds. The lowest BCUT2D eigenvalue weighted by Crippen LogP contribution is -2.12. The summed E-state index contributed by atoms with van der Waals surface area (Å²) >= 11 is 1.33. The molecule has 4 N–H and O–H groups in total. The van der Waals surface area contributed by atoms with Crippen molar-refractivity contribution in [2.75, 3.05) is 5.73 Å². The number of aromatic nitrogens is 5. The maximum Gasteiger partial charge on any atom is 0.222 e. The van der Waals surface area contributed by atoms with Gasteiger partial charge in [-0.1, -0.05) is 11.3 Å². The predicted octanol–water partition coefficient (Wildman–Crippen LogP) is -0.118. The summed E-state index contributed by atoms with van der Waals surface area (Å²) in [6.07, 6.45) is 4.71. The van der Waals surface area contributed by atoms with Crippen molar-refractivity contribution in [1.29, 1.82) is 0 Å². The van der Waals surface area contributed by atoms with Crippen molar-refractivity contribution in [3.8, 4) is 5.13 Å². The van der Waals surface area contributed by atoms with Crippen LogP contribution in [0.15, 0.2) is 18.7 Å². The van der Waals surface area contributed by atoms with Gasteiger partial charge < -0.3 is 11.5 Å². The molecule has 0 saturated carbocycles. The van der Waals surface area contributed by atoms with Gasteiger partial charge in [0.05, 0.1) is 18.0 Å². The van der Waals surface area contributed by atoms with E-state index in [1.807, 2.05) is 0 Å². The Hall–Kier alpha value is -2.55. The highest BCUT2D eigenvalue weighted by Gasteiger charge is 2.12. The highest BCUT2D eigenvalue weighted by atomic mass is 32.1. The summed E-state index contributed by atoms with van der Waals surface area (Å²) in [5.74, 6) is -0.0303. The smallest absolute Gasteiger partial charge is 0.222 e. The third-order valence-electron chi connectivity index (χ3n) is 2.47. The highest BCUT2D eigenvalue weighted by molar-refractivity contribution is 7.14. The largest absolute Gasteiger partial charge is 0.383 e. The lowest BCUT2D eigenvalue weighted by atomic mass is 10.4. The van der Waals surface area contributed by atoms with Gasteiger partial charge in [0, 0.05) is 11.1 Å². The third kappa shape index (κ3) is 1.99. The summed E-state index contributed by atoms with van der Waals surface area (Å²) in [6, 6.07) is 0. The number of nitrogen functional groups attached to an aromatic ring is 1. The van der Waals surface area contributed by atoms with E-state index in [1.54, 1.807) is 17.1 Å². The molecule has 3 heterocycles. The number of primary amides is 1. The van der Waals surface area contributed by atoms with E-state index in [9.17, 15) is 4.79 Å². The number of rotatable bonds is 3. The first kappa shape index (κ1) is 11.5. The van der Waals surface area contributed by atoms with Crippen LogP contribution in [0.3, 0.4) is 0 Å². The summed E-state index contributed by atoms with van der Waals surface area (Å²) in [5.41, 5.74) is 11.5. The second kappa shape index (κ2) is 4.28. The Kier molecular flexibility index (Phi) is 2.60. The average molecular weight is 275 g/mol. The van der Waals surface area contributed by atoms with Gasteiger partial charge in [0.25, 0.3) is 0 Å². The molecule has 0 aliphatic rings. The zero-order chi connectivity index (χ0) is 13.4. The summed E-state index contributed by atoms with van der Waals surface area (Å²) in [6.45, 7) is 0. The van der Waals surface area contributed by atoms with Crippen molar-refractivity contribution in [3.05, 3.63) is 23.6 Å². The van der Waals surface area contributed by atoms with Crippen LogP contribution in [0.2, 0.25) is 0 Å². The van der Waals surface area contributed by atoms with Crippen molar-refractivity contribution in [2.45, 2.75) is 6.42 Å². The minimum Gasteiger partial charge on any atom is -0.383 e. The fourth-order valence-corrected chi connectivity index (χ4v) is 2.53. The van der Waals surface area contributed by atoms with Gasteiger partial charge in [0.15, 0.2) is 5.65 Å². The van der Waals surface area contributed by atoms with Gasteiger partial charge in [-0.2, -0.15) is 9.78 Å². The second-order valence-corrected chi connectivity index (χ2v) is 4.90. The summed E-state index contributed by atoms with van der Waals surface area (Å²) < 4.78 is 1.56. The zero-order valence-corrected chi connectivity index (χ0v) is 10.5. The molecular weight excluding hydrogens is 266 g/mol. The van der Waals surface area contributed by atoms with Crippen LogP contribution in [-0.2, 0) is 11.2 Å². The number of carbonyl (C=O) groups is 1. The van der Waals surface area contributed by atoms with Crippen molar-refractivity contribution < 1.29 is 4.79 Å². The molecule has 0 aliphatic heterocycles. The minimum absolute atomic E-state index is 0.161. The van der Waals surface area contributed by atoms with Crippen LogP contribution in [0.4, 0.5) is 5.82 Å². The van der Waals surface area contributed by atoms with E-state index in [0.717, 1.165) is 4.88 Å². The number of carbonyl (C=O) groups excluding carboxylic acids is 1. The van der Waals surface area contributed by atoms with E-state index < -0.39 is 5.91 Å². The first-order valence-corrected chi connectivity index (χ1v) is 6.14. The summed E-state index contributed by atoms with van der Waals surface area (Å²) in [7, 11) is 0. The number of amides is 1. The molecule has 0 saturated heterocycles. The number of thiazole rings is 1. The lowest BCUT2D eigenvalue weighted by Gasteiger charge is -1.97. The molecule has 9 heteroatoms. The monoisotopic (exact) mass is 275 g/mol. The average Bonchev–Trinajstić information content (AvgIpc) is 2.95. The van der Waals surface area contributed by atoms with Crippen LogP contribution in [0.1, 0.15) is 4.88 Å². The van der Waals surface area contributed by atoms with Gasteiger partial charge in [-0.25, -0.2) is 15.0 Å². The van der Waals surface area contributed by atoms with Gasteiger partial charge >= 0.3 is 0 Å². The molecule has 0 fully saturated rings. The maximum atomic E-state index is 10.9. The Morgan fingerprint density at radius 1 is 1.32 bits per heavy atom. The van der Waals surface area contributed by atoms with E-state index in [1.165, 1.54) is 17.7 Å². The Morgan fingerprint density at radius 3 is 2.95 bits per heavy atom. The molecule has 96 valence electrons. The Bertz CT molecular complexity index is 762. The molecule has 0 atom stereocenters. The first-order valence-electron chi connectivity index (χ1n) is 5.33. The van der Waals surface area contributed by atoms with E-state index >= 15 is 0 Å².